The first-order valence-electron chi connectivity index (χ1n) is 9.10. The highest BCUT2D eigenvalue weighted by molar-refractivity contribution is 5.59. The topological polar surface area (TPSA) is 101 Å². The summed E-state index contributed by atoms with van der Waals surface area (Å²) in [5.41, 5.74) is 6.46. The number of hydrogen-bond donors (Lipinski definition) is 3. The number of ether oxygens (including phenoxy) is 1. The number of anilines is 4. The molecule has 2 unspecified atom stereocenters. The Morgan fingerprint density at radius 2 is 2.22 bits per heavy atom. The molecule has 4 N–H and O–H groups in total. The molecule has 1 saturated heterocycles. The van der Waals surface area contributed by atoms with Crippen LogP contribution in [0, 0.1) is 5.82 Å². The van der Waals surface area contributed by atoms with Crippen LogP contribution < -0.4 is 26.0 Å². The van der Waals surface area contributed by atoms with Crippen molar-refractivity contribution in [1.29, 1.82) is 0 Å². The van der Waals surface area contributed by atoms with E-state index in [2.05, 4.69) is 32.5 Å². The van der Waals surface area contributed by atoms with Crippen molar-refractivity contribution in [3.05, 3.63) is 24.0 Å². The molecule has 2 atom stereocenters. The van der Waals surface area contributed by atoms with Gasteiger partial charge in [0.15, 0.2) is 11.6 Å². The Hall–Kier alpha value is -2.68. The van der Waals surface area contributed by atoms with E-state index < -0.39 is 5.82 Å². The third kappa shape index (κ3) is 4.36. The standard InChI is InChI=1S/C18H26FN7O/c1-4-13(14-6-5-9-21-14)22-17-23-16(20)24-18(25-17)26(2)11-7-8-15(27-3)12(19)10-11/h7-8,10,13-14,21H,4-6,9H2,1-3H3,(H3,20,22,23,24,25). The van der Waals surface area contributed by atoms with E-state index in [0.717, 1.165) is 19.4 Å². The summed E-state index contributed by atoms with van der Waals surface area (Å²) in [5, 5.41) is 6.86. The highest BCUT2D eigenvalue weighted by Crippen LogP contribution is 2.27. The molecule has 1 aromatic carbocycles. The van der Waals surface area contributed by atoms with E-state index in [0.29, 0.717) is 23.6 Å². The number of aromatic nitrogens is 3. The molecule has 1 fully saturated rings. The summed E-state index contributed by atoms with van der Waals surface area (Å²) in [6.45, 7) is 3.15. The zero-order valence-corrected chi connectivity index (χ0v) is 15.9. The molecule has 1 aliphatic rings. The van der Waals surface area contributed by atoms with Crippen molar-refractivity contribution in [2.75, 3.05) is 36.7 Å². The van der Waals surface area contributed by atoms with Crippen LogP contribution in [0.15, 0.2) is 18.2 Å². The first-order valence-corrected chi connectivity index (χ1v) is 9.10. The second-order valence-corrected chi connectivity index (χ2v) is 6.56. The quantitative estimate of drug-likeness (QED) is 0.678. The number of nitrogens with zero attached hydrogens (tertiary/aromatic N) is 4. The van der Waals surface area contributed by atoms with Gasteiger partial charge >= 0.3 is 0 Å². The Balaban J connectivity index is 1.82. The molecule has 0 aliphatic carbocycles. The molecule has 1 aromatic heterocycles. The molecule has 0 radical (unpaired) electrons. The lowest BCUT2D eigenvalue weighted by molar-refractivity contribution is 0.386. The summed E-state index contributed by atoms with van der Waals surface area (Å²) in [6, 6.07) is 5.23. The van der Waals surface area contributed by atoms with Crippen LogP contribution in [0.25, 0.3) is 0 Å². The SMILES string of the molecule is CCC(Nc1nc(N)nc(N(C)c2ccc(OC)c(F)c2)n1)C1CCCN1. The normalized spacial score (nSPS) is 17.6. The smallest absolute Gasteiger partial charge is 0.236 e. The maximum atomic E-state index is 14.0. The van der Waals surface area contributed by atoms with Crippen LogP contribution in [0.2, 0.25) is 0 Å². The maximum absolute atomic E-state index is 14.0. The van der Waals surface area contributed by atoms with E-state index in [1.165, 1.54) is 19.6 Å². The molecule has 146 valence electrons. The Morgan fingerprint density at radius 1 is 1.41 bits per heavy atom. The second-order valence-electron chi connectivity index (χ2n) is 6.56. The molecule has 9 heteroatoms. The fourth-order valence-electron chi connectivity index (χ4n) is 3.28. The van der Waals surface area contributed by atoms with Gasteiger partial charge in [-0.05, 0) is 37.9 Å². The second kappa shape index (κ2) is 8.34. The molecule has 0 bridgehead atoms. The summed E-state index contributed by atoms with van der Waals surface area (Å²) in [4.78, 5) is 14.5. The van der Waals surface area contributed by atoms with Gasteiger partial charge in [0.1, 0.15) is 0 Å². The van der Waals surface area contributed by atoms with Gasteiger partial charge in [-0.15, -0.1) is 0 Å². The van der Waals surface area contributed by atoms with Crippen molar-refractivity contribution in [1.82, 2.24) is 20.3 Å². The molecule has 8 nitrogen and oxygen atoms in total. The molecule has 1 aliphatic heterocycles. The van der Waals surface area contributed by atoms with Crippen LogP contribution >= 0.6 is 0 Å². The van der Waals surface area contributed by atoms with Crippen LogP contribution in [-0.4, -0.2) is 47.7 Å². The highest BCUT2D eigenvalue weighted by atomic mass is 19.1. The highest BCUT2D eigenvalue weighted by Gasteiger charge is 2.24. The van der Waals surface area contributed by atoms with Crippen LogP contribution in [-0.2, 0) is 0 Å². The fourth-order valence-corrected chi connectivity index (χ4v) is 3.28. The summed E-state index contributed by atoms with van der Waals surface area (Å²) in [5.74, 6) is 0.584. The van der Waals surface area contributed by atoms with Crippen LogP contribution in [0.4, 0.5) is 27.9 Å². The first-order chi connectivity index (χ1) is 13.0. The summed E-state index contributed by atoms with van der Waals surface area (Å²) < 4.78 is 19.0. The number of halogens is 1. The van der Waals surface area contributed by atoms with Gasteiger partial charge in [-0.1, -0.05) is 6.92 Å². The van der Waals surface area contributed by atoms with E-state index in [4.69, 9.17) is 10.5 Å². The minimum absolute atomic E-state index is 0.109. The van der Waals surface area contributed by atoms with Gasteiger partial charge in [-0.25, -0.2) is 4.39 Å². The van der Waals surface area contributed by atoms with Gasteiger partial charge in [-0.3, -0.25) is 0 Å². The number of rotatable bonds is 7. The van der Waals surface area contributed by atoms with Crippen molar-refractivity contribution in [2.24, 2.45) is 0 Å². The van der Waals surface area contributed by atoms with Crippen molar-refractivity contribution in [2.45, 2.75) is 38.3 Å². The lowest BCUT2D eigenvalue weighted by Gasteiger charge is -2.24. The van der Waals surface area contributed by atoms with Crippen LogP contribution in [0.5, 0.6) is 5.75 Å². The fraction of sp³-hybridized carbons (Fsp3) is 0.500. The van der Waals surface area contributed by atoms with Gasteiger partial charge in [0.25, 0.3) is 0 Å². The van der Waals surface area contributed by atoms with Crippen molar-refractivity contribution in [3.8, 4) is 5.75 Å². The summed E-state index contributed by atoms with van der Waals surface area (Å²) in [6.07, 6.45) is 3.21. The molecule has 2 heterocycles. The van der Waals surface area contributed by atoms with E-state index in [9.17, 15) is 4.39 Å². The van der Waals surface area contributed by atoms with Crippen LogP contribution in [0.3, 0.4) is 0 Å². The van der Waals surface area contributed by atoms with Gasteiger partial charge in [-0.2, -0.15) is 15.0 Å². The number of nitrogen functional groups attached to an aromatic ring is 1. The van der Waals surface area contributed by atoms with E-state index in [1.807, 2.05) is 0 Å². The minimum atomic E-state index is -0.458. The average Bonchev–Trinajstić information content (AvgIpc) is 3.19. The molecule has 0 amide bonds. The Morgan fingerprint density at radius 3 is 2.85 bits per heavy atom. The van der Waals surface area contributed by atoms with Gasteiger partial charge in [0.2, 0.25) is 17.8 Å². The predicted molar refractivity (Wildman–Crippen MR) is 104 cm³/mol. The molecule has 0 spiro atoms. The van der Waals surface area contributed by atoms with Gasteiger partial charge in [0.05, 0.1) is 7.11 Å². The molecule has 27 heavy (non-hydrogen) atoms. The third-order valence-electron chi connectivity index (χ3n) is 4.80. The number of methoxy groups -OCH3 is 1. The number of hydrogen-bond acceptors (Lipinski definition) is 8. The van der Waals surface area contributed by atoms with E-state index in [1.54, 1.807) is 24.1 Å². The first kappa shape index (κ1) is 19.1. The molecular weight excluding hydrogens is 349 g/mol. The molecule has 0 saturated carbocycles. The molecule has 3 rings (SSSR count). The molecular formula is C18H26FN7O. The van der Waals surface area contributed by atoms with Crippen molar-refractivity contribution in [3.63, 3.8) is 0 Å². The Bertz CT molecular complexity index is 782. The Labute approximate surface area is 158 Å². The minimum Gasteiger partial charge on any atom is -0.494 e. The third-order valence-corrected chi connectivity index (χ3v) is 4.80. The molecule has 2 aromatic rings. The largest absolute Gasteiger partial charge is 0.494 e. The lowest BCUT2D eigenvalue weighted by atomic mass is 10.0. The zero-order chi connectivity index (χ0) is 19.4. The van der Waals surface area contributed by atoms with Crippen molar-refractivity contribution >= 4 is 23.5 Å². The Kier molecular flexibility index (Phi) is 5.90. The number of nitrogens with two attached hydrogens (primary N) is 1. The van der Waals surface area contributed by atoms with Crippen LogP contribution in [0.1, 0.15) is 26.2 Å². The van der Waals surface area contributed by atoms with Gasteiger partial charge in [0, 0.05) is 30.9 Å². The zero-order valence-electron chi connectivity index (χ0n) is 15.9. The monoisotopic (exact) mass is 375 g/mol. The van der Waals surface area contributed by atoms with E-state index in [-0.39, 0.29) is 17.7 Å². The van der Waals surface area contributed by atoms with E-state index >= 15 is 0 Å². The number of benzene rings is 1. The maximum Gasteiger partial charge on any atom is 0.236 e. The predicted octanol–water partition coefficient (Wildman–Crippen LogP) is 2.31. The summed E-state index contributed by atoms with van der Waals surface area (Å²) >= 11 is 0. The average molecular weight is 375 g/mol. The van der Waals surface area contributed by atoms with Gasteiger partial charge < -0.3 is 26.0 Å². The lowest BCUT2D eigenvalue weighted by Crippen LogP contribution is -2.40. The summed E-state index contributed by atoms with van der Waals surface area (Å²) in [7, 11) is 3.17. The van der Waals surface area contributed by atoms with Crippen molar-refractivity contribution < 1.29 is 9.13 Å². The number of nitrogens with one attached hydrogen (secondary N) is 2.